The molecular formula is C12H16ClNO5S2. The highest BCUT2D eigenvalue weighted by atomic mass is 35.7. The number of ether oxygens (including phenoxy) is 1. The molecule has 1 aromatic carbocycles. The third kappa shape index (κ3) is 3.57. The van der Waals surface area contributed by atoms with Crippen molar-refractivity contribution < 1.29 is 21.6 Å². The summed E-state index contributed by atoms with van der Waals surface area (Å²) in [5, 5.41) is 0. The number of hydrogen-bond donors (Lipinski definition) is 0. The van der Waals surface area contributed by atoms with Crippen LogP contribution in [-0.2, 0) is 23.8 Å². The molecule has 0 aliphatic carbocycles. The lowest BCUT2D eigenvalue weighted by Crippen LogP contribution is -2.40. The predicted octanol–water partition coefficient (Wildman–Crippen LogP) is 1.41. The molecule has 0 bridgehead atoms. The Morgan fingerprint density at radius 1 is 1.10 bits per heavy atom. The van der Waals surface area contributed by atoms with E-state index in [0.717, 1.165) is 0 Å². The maximum absolute atomic E-state index is 12.6. The molecule has 0 saturated carbocycles. The first-order valence-electron chi connectivity index (χ1n) is 6.33. The van der Waals surface area contributed by atoms with Gasteiger partial charge in [-0.3, -0.25) is 0 Å². The van der Waals surface area contributed by atoms with Crippen LogP contribution in [0.1, 0.15) is 12.8 Å². The lowest BCUT2D eigenvalue weighted by atomic mass is 10.1. The minimum Gasteiger partial charge on any atom is -0.381 e. The summed E-state index contributed by atoms with van der Waals surface area (Å²) in [5.41, 5.74) is 0. The largest absolute Gasteiger partial charge is 0.381 e. The van der Waals surface area contributed by atoms with Gasteiger partial charge in [-0.1, -0.05) is 12.1 Å². The quantitative estimate of drug-likeness (QED) is 0.764. The third-order valence-corrected chi connectivity index (χ3v) is 6.93. The molecule has 0 aromatic heterocycles. The van der Waals surface area contributed by atoms with Crippen molar-refractivity contribution in [3.63, 3.8) is 0 Å². The molecule has 6 nitrogen and oxygen atoms in total. The smallest absolute Gasteiger partial charge is 0.262 e. The second kappa shape index (κ2) is 6.21. The summed E-state index contributed by atoms with van der Waals surface area (Å²) in [6.45, 7) is 0.578. The highest BCUT2D eigenvalue weighted by Crippen LogP contribution is 2.28. The van der Waals surface area contributed by atoms with Crippen LogP contribution in [-0.4, -0.2) is 47.4 Å². The van der Waals surface area contributed by atoms with E-state index in [9.17, 15) is 16.8 Å². The lowest BCUT2D eigenvalue weighted by molar-refractivity contribution is 0.0604. The molecule has 0 unspecified atom stereocenters. The normalized spacial score (nSPS) is 18.8. The Bertz CT molecular complexity index is 709. The number of methoxy groups -OCH3 is 1. The first-order valence-corrected chi connectivity index (χ1v) is 10.1. The summed E-state index contributed by atoms with van der Waals surface area (Å²) in [6.07, 6.45) is 1.18. The van der Waals surface area contributed by atoms with Gasteiger partial charge >= 0.3 is 0 Å². The number of piperidine rings is 1. The fourth-order valence-electron chi connectivity index (χ4n) is 2.31. The number of rotatable bonds is 4. The average Bonchev–Trinajstić information content (AvgIpc) is 2.46. The van der Waals surface area contributed by atoms with Gasteiger partial charge in [0.05, 0.1) is 6.10 Å². The fraction of sp³-hybridized carbons (Fsp3) is 0.500. The van der Waals surface area contributed by atoms with E-state index in [1.165, 1.54) is 28.6 Å². The number of hydrogen-bond acceptors (Lipinski definition) is 5. The van der Waals surface area contributed by atoms with E-state index < -0.39 is 19.1 Å². The minimum absolute atomic E-state index is 0.0310. The van der Waals surface area contributed by atoms with Crippen LogP contribution in [0.25, 0.3) is 0 Å². The Morgan fingerprint density at radius 3 is 2.10 bits per heavy atom. The maximum Gasteiger partial charge on any atom is 0.262 e. The van der Waals surface area contributed by atoms with Gasteiger partial charge in [0.15, 0.2) is 0 Å². The van der Waals surface area contributed by atoms with Crippen molar-refractivity contribution >= 4 is 29.8 Å². The summed E-state index contributed by atoms with van der Waals surface area (Å²) in [5.74, 6) is 0. The van der Waals surface area contributed by atoms with Crippen molar-refractivity contribution in [2.45, 2.75) is 28.7 Å². The number of benzene rings is 1. The van der Waals surface area contributed by atoms with E-state index in [4.69, 9.17) is 15.4 Å². The second-order valence-corrected chi connectivity index (χ2v) is 9.16. The molecule has 1 saturated heterocycles. The molecular weight excluding hydrogens is 338 g/mol. The van der Waals surface area contributed by atoms with Crippen molar-refractivity contribution in [2.24, 2.45) is 0 Å². The van der Waals surface area contributed by atoms with Crippen LogP contribution in [0, 0.1) is 0 Å². The molecule has 9 heteroatoms. The molecule has 0 amide bonds. The molecule has 21 heavy (non-hydrogen) atoms. The summed E-state index contributed by atoms with van der Waals surface area (Å²) in [7, 11) is -1.11. The van der Waals surface area contributed by atoms with Crippen molar-refractivity contribution in [1.29, 1.82) is 0 Å². The zero-order valence-corrected chi connectivity index (χ0v) is 13.8. The van der Waals surface area contributed by atoms with Crippen LogP contribution < -0.4 is 0 Å². The SMILES string of the molecule is COC1CCN(S(=O)(=O)c2ccccc2S(=O)(=O)Cl)CC1. The number of nitrogens with zero attached hydrogens (tertiary/aromatic N) is 1. The first-order chi connectivity index (χ1) is 9.76. The number of halogens is 1. The van der Waals surface area contributed by atoms with Crippen LogP contribution in [0.4, 0.5) is 0 Å². The van der Waals surface area contributed by atoms with E-state index in [-0.39, 0.29) is 29.0 Å². The molecule has 1 heterocycles. The van der Waals surface area contributed by atoms with E-state index in [0.29, 0.717) is 12.8 Å². The Kier molecular flexibility index (Phi) is 4.94. The highest BCUT2D eigenvalue weighted by Gasteiger charge is 2.33. The Labute approximate surface area is 129 Å². The standard InChI is InChI=1S/C12H16ClNO5S2/c1-19-10-6-8-14(9-7-10)21(17,18)12-5-3-2-4-11(12)20(13,15)16/h2-5,10H,6-9H2,1H3. The lowest BCUT2D eigenvalue weighted by Gasteiger charge is -2.30. The van der Waals surface area contributed by atoms with Gasteiger partial charge in [0.25, 0.3) is 9.05 Å². The summed E-state index contributed by atoms with van der Waals surface area (Å²) in [4.78, 5) is -0.670. The van der Waals surface area contributed by atoms with Gasteiger partial charge < -0.3 is 4.74 Å². The van der Waals surface area contributed by atoms with E-state index in [2.05, 4.69) is 0 Å². The molecule has 1 aromatic rings. The van der Waals surface area contributed by atoms with Gasteiger partial charge in [-0.05, 0) is 25.0 Å². The van der Waals surface area contributed by atoms with Crippen LogP contribution in [0.15, 0.2) is 34.1 Å². The van der Waals surface area contributed by atoms with Gasteiger partial charge in [0.2, 0.25) is 10.0 Å². The monoisotopic (exact) mass is 353 g/mol. The van der Waals surface area contributed by atoms with Gasteiger partial charge in [-0.25, -0.2) is 16.8 Å². The summed E-state index contributed by atoms with van der Waals surface area (Å²) < 4.78 is 54.8. The fourth-order valence-corrected chi connectivity index (χ4v) is 5.59. The van der Waals surface area contributed by atoms with Crippen molar-refractivity contribution in [1.82, 2.24) is 4.31 Å². The average molecular weight is 354 g/mol. The van der Waals surface area contributed by atoms with Gasteiger partial charge in [-0.2, -0.15) is 4.31 Å². The molecule has 1 aliphatic heterocycles. The zero-order chi connectivity index (χ0) is 15.7. The second-order valence-electron chi connectivity index (χ2n) is 4.72. The Morgan fingerprint density at radius 2 is 1.62 bits per heavy atom. The molecule has 0 spiro atoms. The zero-order valence-electron chi connectivity index (χ0n) is 11.4. The molecule has 1 fully saturated rings. The van der Waals surface area contributed by atoms with Crippen molar-refractivity contribution in [3.05, 3.63) is 24.3 Å². The van der Waals surface area contributed by atoms with Gasteiger partial charge in [0.1, 0.15) is 9.79 Å². The van der Waals surface area contributed by atoms with Crippen molar-refractivity contribution in [2.75, 3.05) is 20.2 Å². The van der Waals surface area contributed by atoms with Crippen LogP contribution >= 0.6 is 10.7 Å². The third-order valence-electron chi connectivity index (χ3n) is 3.46. The Hall–Kier alpha value is -0.670. The molecule has 118 valence electrons. The van der Waals surface area contributed by atoms with Crippen LogP contribution in [0.5, 0.6) is 0 Å². The minimum atomic E-state index is -4.13. The van der Waals surface area contributed by atoms with Crippen LogP contribution in [0.2, 0.25) is 0 Å². The Balaban J connectivity index is 2.38. The van der Waals surface area contributed by atoms with E-state index in [1.54, 1.807) is 7.11 Å². The molecule has 0 radical (unpaired) electrons. The maximum atomic E-state index is 12.6. The van der Waals surface area contributed by atoms with Crippen molar-refractivity contribution in [3.8, 4) is 0 Å². The summed E-state index contributed by atoms with van der Waals surface area (Å²) >= 11 is 0. The van der Waals surface area contributed by atoms with Gasteiger partial charge in [-0.15, -0.1) is 0 Å². The predicted molar refractivity (Wildman–Crippen MR) is 78.3 cm³/mol. The molecule has 0 N–H and O–H groups in total. The molecule has 0 atom stereocenters. The van der Waals surface area contributed by atoms with Gasteiger partial charge in [0, 0.05) is 30.9 Å². The molecule has 1 aliphatic rings. The van der Waals surface area contributed by atoms with Crippen LogP contribution in [0.3, 0.4) is 0 Å². The van der Waals surface area contributed by atoms with E-state index >= 15 is 0 Å². The molecule has 2 rings (SSSR count). The number of sulfonamides is 1. The van der Waals surface area contributed by atoms with E-state index in [1.807, 2.05) is 0 Å². The first kappa shape index (κ1) is 16.7. The summed E-state index contributed by atoms with van der Waals surface area (Å²) in [6, 6.07) is 5.36. The highest BCUT2D eigenvalue weighted by molar-refractivity contribution is 8.14. The topological polar surface area (TPSA) is 80.8 Å².